The number of carbonyl (C=O) groups excluding carboxylic acids is 2. The number of amides is 2. The predicted octanol–water partition coefficient (Wildman–Crippen LogP) is 0.899. The lowest BCUT2D eigenvalue weighted by atomic mass is 10.3. The number of hydrogen-bond acceptors (Lipinski definition) is 3. The third-order valence-corrected chi connectivity index (χ3v) is 1.80. The molecule has 0 aliphatic carbocycles. The molecule has 0 aliphatic rings. The molecule has 1 rings (SSSR count). The smallest absolute Gasteiger partial charge is 0.221 e. The molecule has 5 nitrogen and oxygen atoms in total. The number of ether oxygens (including phenoxy) is 1. The average Bonchev–Trinajstić information content (AvgIpc) is 2.19. The summed E-state index contributed by atoms with van der Waals surface area (Å²) in [5.74, 6) is -0.0677. The largest absolute Gasteiger partial charge is 0.491 e. The molecule has 86 valence electrons. The highest BCUT2D eigenvalue weighted by molar-refractivity contribution is 5.90. The number of nitrogens with two attached hydrogens (primary N) is 1. The van der Waals surface area contributed by atoms with Crippen LogP contribution in [-0.2, 0) is 9.59 Å². The maximum absolute atomic E-state index is 10.9. The summed E-state index contributed by atoms with van der Waals surface area (Å²) in [5.41, 5.74) is 5.57. The second kappa shape index (κ2) is 5.75. The summed E-state index contributed by atoms with van der Waals surface area (Å²) < 4.78 is 5.33. The summed E-state index contributed by atoms with van der Waals surface area (Å²) in [5, 5.41) is 2.63. The highest BCUT2D eigenvalue weighted by Crippen LogP contribution is 2.23. The van der Waals surface area contributed by atoms with Gasteiger partial charge in [0.15, 0.2) is 0 Å². The van der Waals surface area contributed by atoms with Crippen LogP contribution in [0.1, 0.15) is 13.3 Å². The number of carbonyl (C=O) groups is 2. The molecule has 0 heterocycles. The minimum Gasteiger partial charge on any atom is -0.491 e. The highest BCUT2D eigenvalue weighted by atomic mass is 16.5. The van der Waals surface area contributed by atoms with Gasteiger partial charge in [0, 0.05) is 6.92 Å². The van der Waals surface area contributed by atoms with Gasteiger partial charge in [-0.15, -0.1) is 0 Å². The lowest BCUT2D eigenvalue weighted by Gasteiger charge is -2.10. The Morgan fingerprint density at radius 3 is 2.69 bits per heavy atom. The second-order valence-corrected chi connectivity index (χ2v) is 3.24. The number of para-hydroxylation sites is 2. The fourth-order valence-electron chi connectivity index (χ4n) is 1.15. The van der Waals surface area contributed by atoms with Gasteiger partial charge in [-0.25, -0.2) is 0 Å². The molecule has 16 heavy (non-hydrogen) atoms. The van der Waals surface area contributed by atoms with E-state index in [1.165, 1.54) is 6.92 Å². The van der Waals surface area contributed by atoms with Crippen molar-refractivity contribution >= 4 is 17.5 Å². The summed E-state index contributed by atoms with van der Waals surface area (Å²) in [6.07, 6.45) is 0.147. The van der Waals surface area contributed by atoms with Crippen molar-refractivity contribution in [1.29, 1.82) is 0 Å². The minimum absolute atomic E-state index is 0.147. The molecule has 1 aromatic rings. The molecular weight excluding hydrogens is 208 g/mol. The first-order valence-electron chi connectivity index (χ1n) is 4.87. The summed E-state index contributed by atoms with van der Waals surface area (Å²) in [6.45, 7) is 1.62. The van der Waals surface area contributed by atoms with E-state index in [1.807, 2.05) is 0 Å². The lowest BCUT2D eigenvalue weighted by Crippen LogP contribution is -2.15. The summed E-state index contributed by atoms with van der Waals surface area (Å²) in [6, 6.07) is 7.00. The van der Waals surface area contributed by atoms with E-state index in [0.29, 0.717) is 11.4 Å². The topological polar surface area (TPSA) is 81.4 Å². The van der Waals surface area contributed by atoms with Gasteiger partial charge in [0.1, 0.15) is 5.75 Å². The van der Waals surface area contributed by atoms with Crippen LogP contribution in [0.25, 0.3) is 0 Å². The van der Waals surface area contributed by atoms with Gasteiger partial charge in [0.2, 0.25) is 11.8 Å². The molecule has 3 N–H and O–H groups in total. The van der Waals surface area contributed by atoms with Gasteiger partial charge in [-0.05, 0) is 12.1 Å². The number of rotatable bonds is 5. The van der Waals surface area contributed by atoms with Gasteiger partial charge in [-0.1, -0.05) is 12.1 Å². The quantitative estimate of drug-likeness (QED) is 0.776. The lowest BCUT2D eigenvalue weighted by molar-refractivity contribution is -0.118. The first-order chi connectivity index (χ1) is 7.59. The molecule has 0 spiro atoms. The first-order valence-corrected chi connectivity index (χ1v) is 4.87. The predicted molar refractivity (Wildman–Crippen MR) is 60.1 cm³/mol. The standard InChI is InChI=1S/C11H14N2O3/c1-8(14)13-9-4-2-3-5-10(9)16-7-6-11(12)15/h2-5H,6-7H2,1H3,(H2,12,15)(H,13,14). The molecule has 0 saturated heterocycles. The number of anilines is 1. The monoisotopic (exact) mass is 222 g/mol. The Balaban J connectivity index is 2.63. The Morgan fingerprint density at radius 2 is 2.06 bits per heavy atom. The van der Waals surface area contributed by atoms with Crippen LogP contribution in [0.4, 0.5) is 5.69 Å². The Bertz CT molecular complexity index is 391. The van der Waals surface area contributed by atoms with Crippen LogP contribution in [0.15, 0.2) is 24.3 Å². The van der Waals surface area contributed by atoms with Crippen molar-refractivity contribution in [3.63, 3.8) is 0 Å². The van der Waals surface area contributed by atoms with Gasteiger partial charge >= 0.3 is 0 Å². The third kappa shape index (κ3) is 4.00. The zero-order chi connectivity index (χ0) is 12.0. The van der Waals surface area contributed by atoms with Crippen molar-refractivity contribution in [2.75, 3.05) is 11.9 Å². The molecule has 0 radical (unpaired) electrons. The van der Waals surface area contributed by atoms with E-state index in [0.717, 1.165) is 0 Å². The minimum atomic E-state index is -0.419. The zero-order valence-electron chi connectivity index (χ0n) is 9.03. The van der Waals surface area contributed by atoms with Crippen LogP contribution < -0.4 is 15.8 Å². The van der Waals surface area contributed by atoms with Crippen molar-refractivity contribution in [3.8, 4) is 5.75 Å². The van der Waals surface area contributed by atoms with Gasteiger partial charge in [-0.3, -0.25) is 9.59 Å². The van der Waals surface area contributed by atoms with Gasteiger partial charge < -0.3 is 15.8 Å². The maximum atomic E-state index is 10.9. The Hall–Kier alpha value is -2.04. The van der Waals surface area contributed by atoms with Gasteiger partial charge in [-0.2, -0.15) is 0 Å². The van der Waals surface area contributed by atoms with E-state index in [9.17, 15) is 9.59 Å². The average molecular weight is 222 g/mol. The van der Waals surface area contributed by atoms with E-state index in [2.05, 4.69) is 5.32 Å². The first kappa shape index (κ1) is 12.0. The molecular formula is C11H14N2O3. The Labute approximate surface area is 93.6 Å². The van der Waals surface area contributed by atoms with Crippen LogP contribution in [-0.4, -0.2) is 18.4 Å². The van der Waals surface area contributed by atoms with Crippen LogP contribution in [0.3, 0.4) is 0 Å². The van der Waals surface area contributed by atoms with Gasteiger partial charge in [0.05, 0.1) is 18.7 Å². The summed E-state index contributed by atoms with van der Waals surface area (Å²) in [4.78, 5) is 21.4. The molecule has 1 aromatic carbocycles. The van der Waals surface area contributed by atoms with Crippen LogP contribution in [0.5, 0.6) is 5.75 Å². The SMILES string of the molecule is CC(=O)Nc1ccccc1OCCC(N)=O. The molecule has 0 fully saturated rings. The van der Waals surface area contributed by atoms with Crippen molar-refractivity contribution in [1.82, 2.24) is 0 Å². The molecule has 0 unspecified atom stereocenters. The van der Waals surface area contributed by atoms with Crippen molar-refractivity contribution < 1.29 is 14.3 Å². The fourth-order valence-corrected chi connectivity index (χ4v) is 1.15. The second-order valence-electron chi connectivity index (χ2n) is 3.24. The van der Waals surface area contributed by atoms with Crippen molar-refractivity contribution in [2.24, 2.45) is 5.73 Å². The number of hydrogen-bond donors (Lipinski definition) is 2. The van der Waals surface area contributed by atoms with E-state index in [-0.39, 0.29) is 18.9 Å². The third-order valence-electron chi connectivity index (χ3n) is 1.80. The summed E-state index contributed by atoms with van der Waals surface area (Å²) in [7, 11) is 0. The van der Waals surface area contributed by atoms with Gasteiger partial charge in [0.25, 0.3) is 0 Å². The van der Waals surface area contributed by atoms with Crippen molar-refractivity contribution in [3.05, 3.63) is 24.3 Å². The zero-order valence-corrected chi connectivity index (χ0v) is 9.03. The molecule has 0 saturated carbocycles. The number of benzene rings is 1. The number of primary amides is 1. The molecule has 0 bridgehead atoms. The molecule has 0 aliphatic heterocycles. The van der Waals surface area contributed by atoms with Crippen molar-refractivity contribution in [2.45, 2.75) is 13.3 Å². The fraction of sp³-hybridized carbons (Fsp3) is 0.273. The van der Waals surface area contributed by atoms with E-state index in [4.69, 9.17) is 10.5 Å². The van der Waals surface area contributed by atoms with Crippen LogP contribution in [0.2, 0.25) is 0 Å². The number of nitrogens with one attached hydrogen (secondary N) is 1. The maximum Gasteiger partial charge on any atom is 0.221 e. The van der Waals surface area contributed by atoms with E-state index < -0.39 is 5.91 Å². The molecule has 2 amide bonds. The molecule has 0 aromatic heterocycles. The van der Waals surface area contributed by atoms with Crippen LogP contribution in [0, 0.1) is 0 Å². The van der Waals surface area contributed by atoms with Crippen LogP contribution >= 0.6 is 0 Å². The Kier molecular flexibility index (Phi) is 4.32. The van der Waals surface area contributed by atoms with E-state index >= 15 is 0 Å². The molecule has 5 heteroatoms. The normalized spacial score (nSPS) is 9.56. The van der Waals surface area contributed by atoms with E-state index in [1.54, 1.807) is 24.3 Å². The summed E-state index contributed by atoms with van der Waals surface area (Å²) >= 11 is 0. The Morgan fingerprint density at radius 1 is 1.38 bits per heavy atom. The highest BCUT2D eigenvalue weighted by Gasteiger charge is 2.04. The molecule has 0 atom stereocenters.